The summed E-state index contributed by atoms with van der Waals surface area (Å²) in [5, 5.41) is 13.4. The molecule has 0 saturated carbocycles. The summed E-state index contributed by atoms with van der Waals surface area (Å²) in [6.45, 7) is 9.02. The van der Waals surface area contributed by atoms with Crippen LogP contribution in [-0.4, -0.2) is 16.7 Å². The average molecular weight is 305 g/mol. The molecule has 0 aliphatic carbocycles. The van der Waals surface area contributed by atoms with Crippen molar-refractivity contribution in [2.24, 2.45) is 0 Å². The fourth-order valence-electron chi connectivity index (χ4n) is 2.01. The molecule has 114 valence electrons. The summed E-state index contributed by atoms with van der Waals surface area (Å²) in [7, 11) is 0. The van der Waals surface area contributed by atoms with Crippen molar-refractivity contribution in [2.45, 2.75) is 45.6 Å². The third-order valence-corrected chi connectivity index (χ3v) is 4.11. The third-order valence-electron chi connectivity index (χ3n) is 3.24. The van der Waals surface area contributed by atoms with Crippen molar-refractivity contribution in [3.63, 3.8) is 0 Å². The van der Waals surface area contributed by atoms with Gasteiger partial charge in [-0.3, -0.25) is 0 Å². The predicted molar refractivity (Wildman–Crippen MR) is 87.1 cm³/mol. The highest BCUT2D eigenvalue weighted by Gasteiger charge is 2.19. The highest BCUT2D eigenvalue weighted by Crippen LogP contribution is 2.27. The topological polar surface area (TPSA) is 42.4 Å². The SMILES string of the molecule is CCOc1cccc(C(O)Cc2nc(C(C)(C)C)cs2)c1. The van der Waals surface area contributed by atoms with Crippen LogP contribution in [0.1, 0.15) is 50.1 Å². The molecule has 0 spiro atoms. The van der Waals surface area contributed by atoms with E-state index in [1.165, 1.54) is 0 Å². The van der Waals surface area contributed by atoms with E-state index in [-0.39, 0.29) is 5.41 Å². The Balaban J connectivity index is 2.09. The number of nitrogens with zero attached hydrogens (tertiary/aromatic N) is 1. The molecule has 2 aromatic rings. The second-order valence-corrected chi connectivity index (χ2v) is 7.04. The maximum atomic E-state index is 10.4. The number of aliphatic hydroxyl groups is 1. The van der Waals surface area contributed by atoms with Crippen LogP contribution in [0.4, 0.5) is 0 Å². The van der Waals surface area contributed by atoms with Gasteiger partial charge in [0.05, 0.1) is 23.4 Å². The van der Waals surface area contributed by atoms with Gasteiger partial charge in [-0.2, -0.15) is 0 Å². The Bertz CT molecular complexity index is 586. The number of benzene rings is 1. The van der Waals surface area contributed by atoms with E-state index in [0.717, 1.165) is 22.0 Å². The van der Waals surface area contributed by atoms with E-state index in [4.69, 9.17) is 4.74 Å². The maximum absolute atomic E-state index is 10.4. The van der Waals surface area contributed by atoms with Gasteiger partial charge in [-0.15, -0.1) is 11.3 Å². The molecule has 0 aliphatic rings. The number of thiazole rings is 1. The number of ether oxygens (including phenoxy) is 1. The Morgan fingerprint density at radius 3 is 2.71 bits per heavy atom. The molecule has 1 atom stereocenters. The summed E-state index contributed by atoms with van der Waals surface area (Å²) in [4.78, 5) is 4.63. The summed E-state index contributed by atoms with van der Waals surface area (Å²) in [5.74, 6) is 0.795. The Morgan fingerprint density at radius 1 is 1.33 bits per heavy atom. The Hall–Kier alpha value is -1.39. The van der Waals surface area contributed by atoms with Gasteiger partial charge >= 0.3 is 0 Å². The van der Waals surface area contributed by atoms with Gasteiger partial charge in [0.1, 0.15) is 5.75 Å². The average Bonchev–Trinajstić information content (AvgIpc) is 2.88. The predicted octanol–water partition coefficient (Wildman–Crippen LogP) is 4.12. The molecule has 1 aromatic carbocycles. The van der Waals surface area contributed by atoms with Crippen LogP contribution < -0.4 is 4.74 Å². The molecule has 0 saturated heterocycles. The summed E-state index contributed by atoms with van der Waals surface area (Å²) in [6, 6.07) is 7.63. The van der Waals surface area contributed by atoms with Gasteiger partial charge in [0.25, 0.3) is 0 Å². The summed E-state index contributed by atoms with van der Waals surface area (Å²) in [5.41, 5.74) is 2.00. The Morgan fingerprint density at radius 2 is 2.10 bits per heavy atom. The number of rotatable bonds is 5. The molecule has 0 aliphatic heterocycles. The molecular formula is C17H23NO2S. The lowest BCUT2D eigenvalue weighted by Crippen LogP contribution is -2.12. The molecule has 1 heterocycles. The molecule has 21 heavy (non-hydrogen) atoms. The second-order valence-electron chi connectivity index (χ2n) is 6.10. The smallest absolute Gasteiger partial charge is 0.119 e. The lowest BCUT2D eigenvalue weighted by atomic mass is 9.93. The van der Waals surface area contributed by atoms with Crippen LogP contribution in [0.5, 0.6) is 5.75 Å². The molecule has 0 radical (unpaired) electrons. The van der Waals surface area contributed by atoms with Crippen molar-refractivity contribution in [2.75, 3.05) is 6.61 Å². The first-order valence-corrected chi connectivity index (χ1v) is 8.14. The lowest BCUT2D eigenvalue weighted by molar-refractivity contribution is 0.177. The molecule has 3 nitrogen and oxygen atoms in total. The van der Waals surface area contributed by atoms with E-state index in [0.29, 0.717) is 13.0 Å². The minimum Gasteiger partial charge on any atom is -0.494 e. The lowest BCUT2D eigenvalue weighted by Gasteiger charge is -2.14. The van der Waals surface area contributed by atoms with E-state index in [1.54, 1.807) is 11.3 Å². The number of hydrogen-bond acceptors (Lipinski definition) is 4. The van der Waals surface area contributed by atoms with Gasteiger partial charge in [0.15, 0.2) is 0 Å². The second kappa shape index (κ2) is 6.58. The molecular weight excluding hydrogens is 282 g/mol. The zero-order valence-corrected chi connectivity index (χ0v) is 13.9. The summed E-state index contributed by atoms with van der Waals surface area (Å²) >= 11 is 1.61. The monoisotopic (exact) mass is 305 g/mol. The van der Waals surface area contributed by atoms with Crippen LogP contribution >= 0.6 is 11.3 Å². The third kappa shape index (κ3) is 4.29. The van der Waals surface area contributed by atoms with Crippen LogP contribution in [0.15, 0.2) is 29.6 Å². The Kier molecular flexibility index (Phi) is 5.01. The van der Waals surface area contributed by atoms with Gasteiger partial charge < -0.3 is 9.84 Å². The van der Waals surface area contributed by atoms with Gasteiger partial charge in [0.2, 0.25) is 0 Å². The fourth-order valence-corrected chi connectivity index (χ4v) is 3.07. The summed E-state index contributed by atoms with van der Waals surface area (Å²) in [6.07, 6.45) is -0.0135. The van der Waals surface area contributed by atoms with Crippen LogP contribution in [0.3, 0.4) is 0 Å². The zero-order valence-electron chi connectivity index (χ0n) is 13.1. The van der Waals surface area contributed by atoms with Crippen molar-refractivity contribution in [3.8, 4) is 5.75 Å². The zero-order chi connectivity index (χ0) is 15.5. The molecule has 0 amide bonds. The molecule has 1 unspecified atom stereocenters. The largest absolute Gasteiger partial charge is 0.494 e. The molecule has 4 heteroatoms. The minimum atomic E-state index is -0.552. The number of aliphatic hydroxyl groups excluding tert-OH is 1. The van der Waals surface area contributed by atoms with Gasteiger partial charge in [0, 0.05) is 17.2 Å². The normalized spacial score (nSPS) is 13.2. The molecule has 1 aromatic heterocycles. The molecule has 0 bridgehead atoms. The minimum absolute atomic E-state index is 0.0502. The summed E-state index contributed by atoms with van der Waals surface area (Å²) < 4.78 is 5.47. The molecule has 2 rings (SSSR count). The Labute approximate surface area is 130 Å². The van der Waals surface area contributed by atoms with Gasteiger partial charge in [-0.05, 0) is 24.6 Å². The number of hydrogen-bond donors (Lipinski definition) is 1. The van der Waals surface area contributed by atoms with E-state index in [2.05, 4.69) is 31.1 Å². The van der Waals surface area contributed by atoms with Gasteiger partial charge in [-0.25, -0.2) is 4.98 Å². The first kappa shape index (κ1) is 16.0. The van der Waals surface area contributed by atoms with Crippen LogP contribution in [-0.2, 0) is 11.8 Å². The first-order chi connectivity index (χ1) is 9.90. The van der Waals surface area contributed by atoms with Crippen LogP contribution in [0, 0.1) is 0 Å². The van der Waals surface area contributed by atoms with Crippen LogP contribution in [0.2, 0.25) is 0 Å². The van der Waals surface area contributed by atoms with E-state index in [9.17, 15) is 5.11 Å². The van der Waals surface area contributed by atoms with Crippen molar-refractivity contribution < 1.29 is 9.84 Å². The molecule has 0 fully saturated rings. The van der Waals surface area contributed by atoms with Crippen molar-refractivity contribution >= 4 is 11.3 Å². The van der Waals surface area contributed by atoms with Crippen molar-refractivity contribution in [3.05, 3.63) is 45.9 Å². The fraction of sp³-hybridized carbons (Fsp3) is 0.471. The van der Waals surface area contributed by atoms with Crippen molar-refractivity contribution in [1.29, 1.82) is 0 Å². The van der Waals surface area contributed by atoms with E-state index < -0.39 is 6.10 Å². The maximum Gasteiger partial charge on any atom is 0.119 e. The highest BCUT2D eigenvalue weighted by molar-refractivity contribution is 7.09. The van der Waals surface area contributed by atoms with E-state index >= 15 is 0 Å². The van der Waals surface area contributed by atoms with Gasteiger partial charge in [-0.1, -0.05) is 32.9 Å². The number of aromatic nitrogens is 1. The van der Waals surface area contributed by atoms with Crippen molar-refractivity contribution in [1.82, 2.24) is 4.98 Å². The standard InChI is InChI=1S/C17H23NO2S/c1-5-20-13-8-6-7-12(9-13)14(19)10-16-18-15(11-21-16)17(2,3)4/h6-9,11,14,19H,5,10H2,1-4H3. The highest BCUT2D eigenvalue weighted by atomic mass is 32.1. The van der Waals surface area contributed by atoms with E-state index in [1.807, 2.05) is 31.2 Å². The quantitative estimate of drug-likeness (QED) is 0.903. The van der Waals surface area contributed by atoms with Crippen LogP contribution in [0.25, 0.3) is 0 Å². The first-order valence-electron chi connectivity index (χ1n) is 7.26. The molecule has 1 N–H and O–H groups in total.